The smallest absolute Gasteiger partial charge is 0.255 e. The van der Waals surface area contributed by atoms with E-state index in [2.05, 4.69) is 10.6 Å². The molecule has 0 aliphatic rings. The van der Waals surface area contributed by atoms with Crippen molar-refractivity contribution in [3.63, 3.8) is 0 Å². The van der Waals surface area contributed by atoms with Crippen molar-refractivity contribution in [1.29, 1.82) is 0 Å². The summed E-state index contributed by atoms with van der Waals surface area (Å²) in [6.07, 6.45) is 0.696. The number of carbonyl (C=O) groups is 2. The second kappa shape index (κ2) is 9.15. The Morgan fingerprint density at radius 2 is 1.36 bits per heavy atom. The number of carbonyl (C=O) groups excluding carboxylic acids is 2. The molecule has 6 heteroatoms. The van der Waals surface area contributed by atoms with E-state index in [1.807, 2.05) is 24.3 Å². The van der Waals surface area contributed by atoms with Gasteiger partial charge in [0.05, 0.1) is 0 Å². The van der Waals surface area contributed by atoms with Crippen LogP contribution >= 0.6 is 11.6 Å². The zero-order chi connectivity index (χ0) is 19.9. The molecule has 0 saturated heterocycles. The van der Waals surface area contributed by atoms with Crippen LogP contribution in [0, 0.1) is 5.82 Å². The lowest BCUT2D eigenvalue weighted by atomic mass is 10.1. The van der Waals surface area contributed by atoms with Crippen molar-refractivity contribution in [1.82, 2.24) is 5.32 Å². The zero-order valence-corrected chi connectivity index (χ0v) is 15.7. The van der Waals surface area contributed by atoms with Crippen LogP contribution < -0.4 is 10.6 Å². The highest BCUT2D eigenvalue weighted by atomic mass is 35.5. The van der Waals surface area contributed by atoms with Crippen LogP contribution in [0.25, 0.3) is 0 Å². The van der Waals surface area contributed by atoms with Gasteiger partial charge in [0.15, 0.2) is 0 Å². The van der Waals surface area contributed by atoms with Crippen LogP contribution in [-0.2, 0) is 6.42 Å². The number of anilines is 1. The molecule has 0 aromatic heterocycles. The highest BCUT2D eigenvalue weighted by Gasteiger charge is 2.09. The van der Waals surface area contributed by atoms with Gasteiger partial charge in [-0.25, -0.2) is 4.39 Å². The zero-order valence-electron chi connectivity index (χ0n) is 14.9. The summed E-state index contributed by atoms with van der Waals surface area (Å²) >= 11 is 5.85. The number of halogens is 2. The number of amides is 2. The molecule has 28 heavy (non-hydrogen) atoms. The quantitative estimate of drug-likeness (QED) is 0.634. The molecule has 0 bridgehead atoms. The molecule has 0 radical (unpaired) electrons. The molecule has 142 valence electrons. The molecule has 0 aliphatic heterocycles. The molecule has 3 rings (SSSR count). The normalized spacial score (nSPS) is 10.4. The van der Waals surface area contributed by atoms with Gasteiger partial charge in [-0.05, 0) is 72.6 Å². The van der Waals surface area contributed by atoms with Gasteiger partial charge in [0.2, 0.25) is 0 Å². The topological polar surface area (TPSA) is 58.2 Å². The third-order valence-corrected chi connectivity index (χ3v) is 4.38. The van der Waals surface area contributed by atoms with Gasteiger partial charge in [-0.15, -0.1) is 0 Å². The van der Waals surface area contributed by atoms with E-state index in [9.17, 15) is 14.0 Å². The first-order valence-electron chi connectivity index (χ1n) is 8.71. The number of hydrogen-bond acceptors (Lipinski definition) is 2. The van der Waals surface area contributed by atoms with Crippen LogP contribution in [0.1, 0.15) is 26.3 Å². The standard InChI is InChI=1S/C22H18ClFN2O2/c23-18-7-1-15(2-8-18)13-14-25-21(27)16-3-5-17(6-4-16)22(28)26-20-11-9-19(24)10-12-20/h1-12H,13-14H2,(H,25,27)(H,26,28). The maximum Gasteiger partial charge on any atom is 0.255 e. The summed E-state index contributed by atoms with van der Waals surface area (Å²) in [5.74, 6) is -0.912. The molecule has 2 N–H and O–H groups in total. The first-order valence-corrected chi connectivity index (χ1v) is 9.09. The minimum absolute atomic E-state index is 0.209. The Morgan fingerprint density at radius 3 is 1.96 bits per heavy atom. The molecule has 3 aromatic carbocycles. The number of benzene rings is 3. The van der Waals surface area contributed by atoms with Gasteiger partial charge >= 0.3 is 0 Å². The van der Waals surface area contributed by atoms with Crippen molar-refractivity contribution in [2.24, 2.45) is 0 Å². The van der Waals surface area contributed by atoms with E-state index in [4.69, 9.17) is 11.6 Å². The average Bonchev–Trinajstić information content (AvgIpc) is 2.71. The highest BCUT2D eigenvalue weighted by Crippen LogP contribution is 2.12. The predicted molar refractivity (Wildman–Crippen MR) is 108 cm³/mol. The Hall–Kier alpha value is -3.18. The van der Waals surface area contributed by atoms with E-state index < -0.39 is 0 Å². The highest BCUT2D eigenvalue weighted by molar-refractivity contribution is 6.30. The summed E-state index contributed by atoms with van der Waals surface area (Å²) in [7, 11) is 0. The van der Waals surface area contributed by atoms with Crippen molar-refractivity contribution in [2.45, 2.75) is 6.42 Å². The lowest BCUT2D eigenvalue weighted by molar-refractivity contribution is 0.0952. The van der Waals surface area contributed by atoms with Gasteiger partial charge < -0.3 is 10.6 Å². The van der Waals surface area contributed by atoms with E-state index in [1.54, 1.807) is 24.3 Å². The summed E-state index contributed by atoms with van der Waals surface area (Å²) in [5, 5.41) is 6.20. The minimum Gasteiger partial charge on any atom is -0.352 e. The summed E-state index contributed by atoms with van der Waals surface area (Å²) in [6.45, 7) is 0.493. The fraction of sp³-hybridized carbons (Fsp3) is 0.0909. The summed E-state index contributed by atoms with van der Waals surface area (Å²) in [4.78, 5) is 24.4. The fourth-order valence-electron chi connectivity index (χ4n) is 2.58. The summed E-state index contributed by atoms with van der Waals surface area (Å²) in [5.41, 5.74) is 2.45. The second-order valence-corrected chi connectivity index (χ2v) is 6.61. The molecule has 0 aliphatic carbocycles. The van der Waals surface area contributed by atoms with Crippen molar-refractivity contribution in [3.05, 3.63) is 100 Å². The average molecular weight is 397 g/mol. The third kappa shape index (κ3) is 5.41. The molecular formula is C22H18ClFN2O2. The van der Waals surface area contributed by atoms with Crippen LogP contribution in [-0.4, -0.2) is 18.4 Å². The van der Waals surface area contributed by atoms with Crippen molar-refractivity contribution >= 4 is 29.1 Å². The van der Waals surface area contributed by atoms with Crippen LogP contribution in [0.15, 0.2) is 72.8 Å². The Morgan fingerprint density at radius 1 is 0.786 bits per heavy atom. The Labute approximate surface area is 167 Å². The Balaban J connectivity index is 1.52. The number of hydrogen-bond donors (Lipinski definition) is 2. The van der Waals surface area contributed by atoms with Gasteiger partial charge in [0.1, 0.15) is 5.82 Å². The van der Waals surface area contributed by atoms with Gasteiger partial charge in [-0.1, -0.05) is 23.7 Å². The maximum atomic E-state index is 12.9. The monoisotopic (exact) mass is 396 g/mol. The second-order valence-electron chi connectivity index (χ2n) is 6.17. The van der Waals surface area contributed by atoms with Gasteiger partial charge in [0, 0.05) is 28.4 Å². The third-order valence-electron chi connectivity index (χ3n) is 4.12. The molecule has 0 heterocycles. The van der Waals surface area contributed by atoms with E-state index in [0.717, 1.165) is 5.56 Å². The summed E-state index contributed by atoms with van der Waals surface area (Å²) in [6, 6.07) is 19.3. The molecule has 2 amide bonds. The Bertz CT molecular complexity index is 955. The predicted octanol–water partition coefficient (Wildman–Crippen LogP) is 4.70. The molecule has 0 spiro atoms. The first kappa shape index (κ1) is 19.6. The Kier molecular flexibility index (Phi) is 6.40. The van der Waals surface area contributed by atoms with Crippen LogP contribution in [0.2, 0.25) is 5.02 Å². The van der Waals surface area contributed by atoms with E-state index in [-0.39, 0.29) is 17.6 Å². The molecule has 0 fully saturated rings. The number of nitrogens with one attached hydrogen (secondary N) is 2. The molecule has 0 unspecified atom stereocenters. The SMILES string of the molecule is O=C(NCCc1ccc(Cl)cc1)c1ccc(C(=O)Nc2ccc(F)cc2)cc1. The van der Waals surface area contributed by atoms with E-state index >= 15 is 0 Å². The molecule has 0 saturated carbocycles. The van der Waals surface area contributed by atoms with Crippen molar-refractivity contribution in [3.8, 4) is 0 Å². The van der Waals surface area contributed by atoms with Crippen LogP contribution in [0.3, 0.4) is 0 Å². The molecule has 3 aromatic rings. The van der Waals surface area contributed by atoms with Gasteiger partial charge in [-0.3, -0.25) is 9.59 Å². The maximum absolute atomic E-state index is 12.9. The van der Waals surface area contributed by atoms with Crippen molar-refractivity contribution < 1.29 is 14.0 Å². The van der Waals surface area contributed by atoms with Gasteiger partial charge in [-0.2, -0.15) is 0 Å². The lowest BCUT2D eigenvalue weighted by Crippen LogP contribution is -2.25. The lowest BCUT2D eigenvalue weighted by Gasteiger charge is -2.08. The van der Waals surface area contributed by atoms with E-state index in [1.165, 1.54) is 24.3 Å². The molecule has 4 nitrogen and oxygen atoms in total. The van der Waals surface area contributed by atoms with Gasteiger partial charge in [0.25, 0.3) is 11.8 Å². The number of rotatable bonds is 6. The van der Waals surface area contributed by atoms with E-state index in [0.29, 0.717) is 34.8 Å². The fourth-order valence-corrected chi connectivity index (χ4v) is 2.71. The van der Waals surface area contributed by atoms with Crippen molar-refractivity contribution in [2.75, 3.05) is 11.9 Å². The van der Waals surface area contributed by atoms with Crippen LogP contribution in [0.5, 0.6) is 0 Å². The molecular weight excluding hydrogens is 379 g/mol. The largest absolute Gasteiger partial charge is 0.352 e. The minimum atomic E-state index is -0.371. The summed E-state index contributed by atoms with van der Waals surface area (Å²) < 4.78 is 12.9. The molecule has 0 atom stereocenters. The first-order chi connectivity index (χ1) is 13.5. The van der Waals surface area contributed by atoms with Crippen LogP contribution in [0.4, 0.5) is 10.1 Å².